The molecule has 1 saturated carbocycles. The molecule has 1 N–H and O–H groups in total. The van der Waals surface area contributed by atoms with Crippen molar-refractivity contribution in [3.05, 3.63) is 71.1 Å². The van der Waals surface area contributed by atoms with E-state index in [-0.39, 0.29) is 11.3 Å². The third kappa shape index (κ3) is 3.67. The fourth-order valence-corrected chi connectivity index (χ4v) is 4.53. The molecule has 26 heavy (non-hydrogen) atoms. The molecule has 1 aromatic heterocycles. The van der Waals surface area contributed by atoms with Gasteiger partial charge in [0.1, 0.15) is 0 Å². The number of amides is 1. The van der Waals surface area contributed by atoms with Crippen molar-refractivity contribution < 1.29 is 4.79 Å². The van der Waals surface area contributed by atoms with Gasteiger partial charge in [-0.15, -0.1) is 11.3 Å². The van der Waals surface area contributed by atoms with Crippen LogP contribution in [0.4, 0.5) is 0 Å². The average Bonchev–Trinajstić information content (AvgIpc) is 3.36. The molecule has 1 aliphatic carbocycles. The van der Waals surface area contributed by atoms with Crippen molar-refractivity contribution in [3.8, 4) is 0 Å². The molecule has 4 rings (SSSR count). The van der Waals surface area contributed by atoms with E-state index >= 15 is 0 Å². The highest BCUT2D eigenvalue weighted by Crippen LogP contribution is 2.47. The van der Waals surface area contributed by atoms with Gasteiger partial charge in [-0.3, -0.25) is 9.69 Å². The minimum Gasteiger partial charge on any atom is -0.354 e. The van der Waals surface area contributed by atoms with Crippen LogP contribution in [0.15, 0.2) is 60.0 Å². The minimum atomic E-state index is 0.106. The average molecular weight is 365 g/mol. The zero-order valence-corrected chi connectivity index (χ0v) is 15.9. The molecule has 0 bridgehead atoms. The number of benzene rings is 2. The number of carbonyl (C=O) groups is 1. The number of carbonyl (C=O) groups excluding carboxylic acids is 1. The number of likely N-dealkylation sites (N-methyl/N-ethyl adjacent to an activating group) is 1. The Morgan fingerprint density at radius 1 is 1.12 bits per heavy atom. The molecule has 1 heterocycles. The Morgan fingerprint density at radius 2 is 1.85 bits per heavy atom. The van der Waals surface area contributed by atoms with Gasteiger partial charge in [0.25, 0.3) is 0 Å². The first-order valence-electron chi connectivity index (χ1n) is 9.12. The zero-order valence-electron chi connectivity index (χ0n) is 15.1. The summed E-state index contributed by atoms with van der Waals surface area (Å²) in [6.07, 6.45) is 2.32. The van der Waals surface area contributed by atoms with Crippen LogP contribution in [0.3, 0.4) is 0 Å². The van der Waals surface area contributed by atoms with Gasteiger partial charge in [0.15, 0.2) is 0 Å². The molecule has 0 saturated heterocycles. The summed E-state index contributed by atoms with van der Waals surface area (Å²) in [5, 5.41) is 6.65. The third-order valence-electron chi connectivity index (χ3n) is 5.28. The predicted molar refractivity (Wildman–Crippen MR) is 109 cm³/mol. The molecule has 3 nitrogen and oxygen atoms in total. The van der Waals surface area contributed by atoms with Crippen LogP contribution in [0.25, 0.3) is 10.1 Å². The van der Waals surface area contributed by atoms with Crippen molar-refractivity contribution in [2.24, 2.45) is 0 Å². The lowest BCUT2D eigenvalue weighted by molar-refractivity contribution is -0.122. The van der Waals surface area contributed by atoms with Gasteiger partial charge >= 0.3 is 0 Å². The number of nitrogens with zero attached hydrogens (tertiary/aromatic N) is 1. The molecular formula is C22H24N2OS. The first kappa shape index (κ1) is 17.3. The second-order valence-electron chi connectivity index (χ2n) is 7.35. The van der Waals surface area contributed by atoms with Crippen LogP contribution in [-0.4, -0.2) is 30.9 Å². The largest absolute Gasteiger partial charge is 0.354 e. The molecule has 2 aromatic carbocycles. The van der Waals surface area contributed by atoms with E-state index in [1.807, 2.05) is 13.1 Å². The van der Waals surface area contributed by atoms with E-state index in [9.17, 15) is 4.79 Å². The Balaban J connectivity index is 1.31. The van der Waals surface area contributed by atoms with Crippen molar-refractivity contribution in [3.63, 3.8) is 0 Å². The Morgan fingerprint density at radius 3 is 2.62 bits per heavy atom. The lowest BCUT2D eigenvalue weighted by atomic mass is 9.96. The molecule has 1 aliphatic rings. The van der Waals surface area contributed by atoms with E-state index in [4.69, 9.17) is 0 Å². The maximum Gasteiger partial charge on any atom is 0.234 e. The minimum absolute atomic E-state index is 0.106. The fourth-order valence-electron chi connectivity index (χ4n) is 3.58. The van der Waals surface area contributed by atoms with Crippen LogP contribution in [-0.2, 0) is 16.8 Å². The normalized spacial score (nSPS) is 15.3. The van der Waals surface area contributed by atoms with Gasteiger partial charge in [-0.25, -0.2) is 0 Å². The van der Waals surface area contributed by atoms with Crippen LogP contribution in [0, 0.1) is 0 Å². The maximum atomic E-state index is 12.4. The quantitative estimate of drug-likeness (QED) is 0.682. The van der Waals surface area contributed by atoms with Crippen molar-refractivity contribution in [2.45, 2.75) is 24.8 Å². The summed E-state index contributed by atoms with van der Waals surface area (Å²) in [5.41, 5.74) is 2.81. The van der Waals surface area contributed by atoms with Crippen LogP contribution in [0.5, 0.6) is 0 Å². The molecule has 3 aromatic rings. The van der Waals surface area contributed by atoms with E-state index in [1.54, 1.807) is 11.3 Å². The summed E-state index contributed by atoms with van der Waals surface area (Å²) in [6.45, 7) is 1.96. The van der Waals surface area contributed by atoms with E-state index in [2.05, 4.69) is 64.1 Å². The lowest BCUT2D eigenvalue weighted by Crippen LogP contribution is -2.38. The topological polar surface area (TPSA) is 32.3 Å². The second kappa shape index (κ2) is 7.22. The molecule has 1 fully saturated rings. The summed E-state index contributed by atoms with van der Waals surface area (Å²) in [7, 11) is 2.01. The molecule has 4 heteroatoms. The van der Waals surface area contributed by atoms with E-state index in [0.29, 0.717) is 6.54 Å². The van der Waals surface area contributed by atoms with E-state index in [1.165, 1.54) is 21.2 Å². The first-order chi connectivity index (χ1) is 12.7. The summed E-state index contributed by atoms with van der Waals surface area (Å²) < 4.78 is 1.30. The summed E-state index contributed by atoms with van der Waals surface area (Å²) >= 11 is 1.77. The zero-order chi connectivity index (χ0) is 18.0. The molecular weight excluding hydrogens is 340 g/mol. The number of thiophene rings is 1. The van der Waals surface area contributed by atoms with E-state index < -0.39 is 0 Å². The van der Waals surface area contributed by atoms with Crippen molar-refractivity contribution in [1.29, 1.82) is 0 Å². The highest BCUT2D eigenvalue weighted by atomic mass is 32.1. The van der Waals surface area contributed by atoms with Gasteiger partial charge < -0.3 is 5.32 Å². The fraction of sp³-hybridized carbons (Fsp3) is 0.318. The highest BCUT2D eigenvalue weighted by Gasteiger charge is 2.44. The molecule has 0 aliphatic heterocycles. The number of nitrogens with one attached hydrogen (secondary N) is 1. The molecule has 134 valence electrons. The lowest BCUT2D eigenvalue weighted by Gasteiger charge is -2.19. The first-order valence-corrected chi connectivity index (χ1v) is 10.0. The summed E-state index contributed by atoms with van der Waals surface area (Å²) in [5.74, 6) is 0.106. The molecule has 0 unspecified atom stereocenters. The monoisotopic (exact) mass is 364 g/mol. The highest BCUT2D eigenvalue weighted by molar-refractivity contribution is 7.17. The van der Waals surface area contributed by atoms with Gasteiger partial charge in [0.05, 0.1) is 6.54 Å². The van der Waals surface area contributed by atoms with Gasteiger partial charge in [0, 0.05) is 23.2 Å². The van der Waals surface area contributed by atoms with E-state index in [0.717, 1.165) is 25.9 Å². The predicted octanol–water partition coefficient (Wildman–Crippen LogP) is 4.18. The van der Waals surface area contributed by atoms with Crippen LogP contribution >= 0.6 is 11.3 Å². The standard InChI is InChI=1S/C22H24N2OS/c1-24(13-17-15-26-20-10-6-5-9-19(17)20)14-21(25)23-16-22(11-12-22)18-7-3-2-4-8-18/h2-10,15H,11-14,16H2,1H3,(H,23,25). The molecule has 1 amide bonds. The van der Waals surface area contributed by atoms with Gasteiger partial charge in [-0.05, 0) is 47.8 Å². The van der Waals surface area contributed by atoms with Gasteiger partial charge in [0.2, 0.25) is 5.91 Å². The van der Waals surface area contributed by atoms with Gasteiger partial charge in [-0.1, -0.05) is 48.5 Å². The molecule has 0 spiro atoms. The Hall–Kier alpha value is -2.17. The van der Waals surface area contributed by atoms with Crippen molar-refractivity contribution in [1.82, 2.24) is 10.2 Å². The maximum absolute atomic E-state index is 12.4. The van der Waals surface area contributed by atoms with Crippen LogP contribution in [0.1, 0.15) is 24.0 Å². The van der Waals surface area contributed by atoms with Crippen molar-refractivity contribution in [2.75, 3.05) is 20.1 Å². The smallest absolute Gasteiger partial charge is 0.234 e. The van der Waals surface area contributed by atoms with Crippen LogP contribution in [0.2, 0.25) is 0 Å². The Labute approximate surface area is 158 Å². The van der Waals surface area contributed by atoms with Crippen LogP contribution < -0.4 is 5.32 Å². The second-order valence-corrected chi connectivity index (χ2v) is 8.26. The number of fused-ring (bicyclic) bond motifs is 1. The number of hydrogen-bond donors (Lipinski definition) is 1. The Bertz CT molecular complexity index is 899. The summed E-state index contributed by atoms with van der Waals surface area (Å²) in [4.78, 5) is 14.5. The third-order valence-corrected chi connectivity index (χ3v) is 6.29. The Kier molecular flexibility index (Phi) is 4.79. The number of hydrogen-bond acceptors (Lipinski definition) is 3. The summed E-state index contributed by atoms with van der Waals surface area (Å²) in [6, 6.07) is 19.0. The molecule has 0 radical (unpaired) electrons. The van der Waals surface area contributed by atoms with Gasteiger partial charge in [-0.2, -0.15) is 0 Å². The SMILES string of the molecule is CN(CC(=O)NCC1(c2ccccc2)CC1)Cc1csc2ccccc12. The molecule has 0 atom stereocenters. The van der Waals surface area contributed by atoms with Crippen molar-refractivity contribution >= 4 is 27.3 Å². The number of rotatable bonds is 7.